The molecule has 1 fully saturated rings. The average Bonchev–Trinajstić information content (AvgIpc) is 2.14. The molecule has 46 valence electrons. The van der Waals surface area contributed by atoms with Crippen molar-refractivity contribution >= 4 is 18.0 Å². The van der Waals surface area contributed by atoms with Crippen molar-refractivity contribution in [1.82, 2.24) is 5.32 Å². The van der Waals surface area contributed by atoms with Crippen molar-refractivity contribution < 1.29 is 4.79 Å². The third-order valence-electron chi connectivity index (χ3n) is 1.31. The van der Waals surface area contributed by atoms with Crippen LogP contribution in [0.5, 0.6) is 0 Å². The molecular formula is C5H9NOS. The van der Waals surface area contributed by atoms with Crippen LogP contribution in [-0.2, 0) is 4.79 Å². The molecule has 2 nitrogen and oxygen atoms in total. The second-order valence-corrected chi connectivity index (χ2v) is 3.07. The van der Waals surface area contributed by atoms with Gasteiger partial charge in [0.1, 0.15) is 6.29 Å². The molecule has 0 bridgehead atoms. The van der Waals surface area contributed by atoms with Gasteiger partial charge in [0, 0.05) is 11.9 Å². The van der Waals surface area contributed by atoms with Crippen LogP contribution in [0, 0.1) is 0 Å². The summed E-state index contributed by atoms with van der Waals surface area (Å²) in [7, 11) is 0. The largest absolute Gasteiger partial charge is 0.304 e. The Morgan fingerprint density at radius 2 is 2.62 bits per heavy atom. The van der Waals surface area contributed by atoms with Gasteiger partial charge in [-0.25, -0.2) is 0 Å². The highest BCUT2D eigenvalue weighted by Gasteiger charge is 2.21. The lowest BCUT2D eigenvalue weighted by atomic mass is 10.2. The second kappa shape index (κ2) is 2.51. The zero-order valence-corrected chi connectivity index (χ0v) is 5.57. The van der Waals surface area contributed by atoms with Crippen LogP contribution in [0.25, 0.3) is 0 Å². The normalized spacial score (nSPS) is 37.6. The predicted octanol–water partition coefficient (Wildman–Crippen LogP) is 0.236. The van der Waals surface area contributed by atoms with E-state index in [2.05, 4.69) is 5.32 Å². The molecule has 2 unspecified atom stereocenters. The molecule has 3 heteroatoms. The van der Waals surface area contributed by atoms with Gasteiger partial charge in [0.25, 0.3) is 0 Å². The summed E-state index contributed by atoms with van der Waals surface area (Å²) in [4.78, 5) is 10.2. The monoisotopic (exact) mass is 131 g/mol. The van der Waals surface area contributed by atoms with Crippen molar-refractivity contribution in [2.75, 3.05) is 5.88 Å². The van der Waals surface area contributed by atoms with Crippen molar-refractivity contribution in [3.8, 4) is 0 Å². The summed E-state index contributed by atoms with van der Waals surface area (Å²) in [6.07, 6.45) is 1.01. The lowest BCUT2D eigenvalue weighted by molar-refractivity contribution is -0.107. The molecule has 1 N–H and O–H groups in total. The van der Waals surface area contributed by atoms with Crippen molar-refractivity contribution in [3.63, 3.8) is 0 Å². The average molecular weight is 131 g/mol. The molecule has 8 heavy (non-hydrogen) atoms. The first-order valence-corrected chi connectivity index (χ1v) is 3.70. The first-order chi connectivity index (χ1) is 3.84. The maximum absolute atomic E-state index is 10.2. The third kappa shape index (κ3) is 1.03. The van der Waals surface area contributed by atoms with Gasteiger partial charge < -0.3 is 10.1 Å². The number of hydrogen-bond donors (Lipinski definition) is 1. The molecule has 2 atom stereocenters. The van der Waals surface area contributed by atoms with E-state index in [0.29, 0.717) is 6.04 Å². The van der Waals surface area contributed by atoms with Crippen LogP contribution in [0.1, 0.15) is 6.92 Å². The Morgan fingerprint density at radius 1 is 1.88 bits per heavy atom. The molecule has 0 radical (unpaired) electrons. The highest BCUT2D eigenvalue weighted by Crippen LogP contribution is 2.17. The smallest absolute Gasteiger partial charge is 0.134 e. The fourth-order valence-electron chi connectivity index (χ4n) is 0.693. The summed E-state index contributed by atoms with van der Waals surface area (Å²) in [5.41, 5.74) is 0. The summed E-state index contributed by atoms with van der Waals surface area (Å²) < 4.78 is 0. The van der Waals surface area contributed by atoms with E-state index in [4.69, 9.17) is 0 Å². The van der Waals surface area contributed by atoms with E-state index in [1.807, 2.05) is 6.92 Å². The highest BCUT2D eigenvalue weighted by atomic mass is 32.2. The van der Waals surface area contributed by atoms with Gasteiger partial charge in [-0.1, -0.05) is 0 Å². The van der Waals surface area contributed by atoms with Crippen LogP contribution < -0.4 is 5.32 Å². The first kappa shape index (κ1) is 6.11. The maximum atomic E-state index is 10.2. The number of hydrogen-bond acceptors (Lipinski definition) is 3. The minimum atomic E-state index is 0.190. The summed E-state index contributed by atoms with van der Waals surface area (Å²) in [5.74, 6) is 0.921. The fraction of sp³-hybridized carbons (Fsp3) is 0.800. The molecule has 0 aliphatic carbocycles. The van der Waals surface area contributed by atoms with Gasteiger partial charge in [0.05, 0.1) is 5.25 Å². The van der Waals surface area contributed by atoms with Gasteiger partial charge in [-0.05, 0) is 6.92 Å². The minimum Gasteiger partial charge on any atom is -0.304 e. The molecule has 1 saturated heterocycles. The number of carbonyl (C=O) groups excluding carboxylic acids is 1. The number of thioether (sulfide) groups is 1. The summed E-state index contributed by atoms with van der Waals surface area (Å²) in [6, 6.07) is 0.373. The molecule has 1 aliphatic rings. The fourth-order valence-corrected chi connectivity index (χ4v) is 1.71. The molecule has 0 spiro atoms. The highest BCUT2D eigenvalue weighted by molar-refractivity contribution is 8.00. The van der Waals surface area contributed by atoms with Crippen LogP contribution in [0.3, 0.4) is 0 Å². The Bertz CT molecular complexity index is 96.4. The lowest BCUT2D eigenvalue weighted by Gasteiger charge is -2.03. The Kier molecular flexibility index (Phi) is 1.91. The van der Waals surface area contributed by atoms with E-state index >= 15 is 0 Å². The molecule has 1 aliphatic heterocycles. The van der Waals surface area contributed by atoms with Crippen molar-refractivity contribution in [2.24, 2.45) is 0 Å². The Morgan fingerprint density at radius 3 is 2.88 bits per heavy atom. The molecule has 0 aromatic carbocycles. The summed E-state index contributed by atoms with van der Waals surface area (Å²) in [6.45, 7) is 2.03. The van der Waals surface area contributed by atoms with E-state index in [0.717, 1.165) is 12.2 Å². The Hall–Kier alpha value is -0.0200. The van der Waals surface area contributed by atoms with Crippen LogP contribution in [0.15, 0.2) is 0 Å². The van der Waals surface area contributed by atoms with Crippen LogP contribution in [0.2, 0.25) is 0 Å². The van der Waals surface area contributed by atoms with Crippen LogP contribution in [-0.4, -0.2) is 23.5 Å². The zero-order chi connectivity index (χ0) is 5.98. The van der Waals surface area contributed by atoms with E-state index in [1.54, 1.807) is 11.8 Å². The van der Waals surface area contributed by atoms with Gasteiger partial charge in [-0.15, -0.1) is 11.8 Å². The number of aldehydes is 1. The predicted molar refractivity (Wildman–Crippen MR) is 34.9 cm³/mol. The lowest BCUT2D eigenvalue weighted by Crippen LogP contribution is -2.26. The molecule has 1 rings (SSSR count). The molecule has 0 aromatic rings. The molecule has 0 saturated carbocycles. The number of rotatable bonds is 1. The number of nitrogens with one attached hydrogen (secondary N) is 1. The molecular weight excluding hydrogens is 122 g/mol. The first-order valence-electron chi connectivity index (χ1n) is 2.65. The summed E-state index contributed by atoms with van der Waals surface area (Å²) in [5, 5.41) is 3.34. The maximum Gasteiger partial charge on any atom is 0.134 e. The van der Waals surface area contributed by atoms with Crippen molar-refractivity contribution in [2.45, 2.75) is 18.2 Å². The van der Waals surface area contributed by atoms with E-state index in [1.165, 1.54) is 0 Å². The SMILES string of the molecule is CC1NCSC1C=O. The van der Waals surface area contributed by atoms with Crippen LogP contribution in [0.4, 0.5) is 0 Å². The van der Waals surface area contributed by atoms with E-state index in [-0.39, 0.29) is 5.25 Å². The van der Waals surface area contributed by atoms with Crippen molar-refractivity contribution in [3.05, 3.63) is 0 Å². The van der Waals surface area contributed by atoms with Crippen LogP contribution >= 0.6 is 11.8 Å². The standard InChI is InChI=1S/C5H9NOS/c1-4-5(2-7)8-3-6-4/h2,4-6H,3H2,1H3. The van der Waals surface area contributed by atoms with E-state index in [9.17, 15) is 4.79 Å². The van der Waals surface area contributed by atoms with Gasteiger partial charge in [-0.3, -0.25) is 0 Å². The number of carbonyl (C=O) groups is 1. The third-order valence-corrected chi connectivity index (χ3v) is 2.55. The zero-order valence-electron chi connectivity index (χ0n) is 4.76. The van der Waals surface area contributed by atoms with Gasteiger partial charge in [-0.2, -0.15) is 0 Å². The summed E-state index contributed by atoms with van der Waals surface area (Å²) >= 11 is 1.67. The van der Waals surface area contributed by atoms with Gasteiger partial charge in [0.2, 0.25) is 0 Å². The van der Waals surface area contributed by atoms with Crippen molar-refractivity contribution in [1.29, 1.82) is 0 Å². The molecule has 0 amide bonds. The van der Waals surface area contributed by atoms with Gasteiger partial charge in [0.15, 0.2) is 0 Å². The quantitative estimate of drug-likeness (QED) is 0.517. The topological polar surface area (TPSA) is 29.1 Å². The molecule has 0 aromatic heterocycles. The second-order valence-electron chi connectivity index (χ2n) is 1.90. The Labute approximate surface area is 53.0 Å². The molecule has 1 heterocycles. The minimum absolute atomic E-state index is 0.190. The van der Waals surface area contributed by atoms with E-state index < -0.39 is 0 Å². The van der Waals surface area contributed by atoms with Gasteiger partial charge >= 0.3 is 0 Å². The Balaban J connectivity index is 2.41.